The molecular formula is C15H15ClFNO. The molecule has 0 spiro atoms. The highest BCUT2D eigenvalue weighted by Crippen LogP contribution is 2.32. The lowest BCUT2D eigenvalue weighted by Gasteiger charge is -2.13. The molecule has 0 bridgehead atoms. The van der Waals surface area contributed by atoms with Crippen LogP contribution in [0.1, 0.15) is 11.1 Å². The third-order valence-electron chi connectivity index (χ3n) is 2.74. The summed E-state index contributed by atoms with van der Waals surface area (Å²) in [5.74, 6) is 0.710. The summed E-state index contributed by atoms with van der Waals surface area (Å²) >= 11 is 6.08. The Morgan fingerprint density at radius 1 is 1.21 bits per heavy atom. The second-order valence-electron chi connectivity index (χ2n) is 4.28. The van der Waals surface area contributed by atoms with Crippen LogP contribution in [0.15, 0.2) is 36.4 Å². The Hall–Kier alpha value is -1.58. The van der Waals surface area contributed by atoms with E-state index in [9.17, 15) is 4.39 Å². The average molecular weight is 280 g/mol. The first-order chi connectivity index (χ1) is 9.11. The van der Waals surface area contributed by atoms with Crippen LogP contribution in [-0.2, 0) is 6.54 Å². The number of aryl methyl sites for hydroxylation is 1. The van der Waals surface area contributed by atoms with Crippen molar-refractivity contribution in [2.45, 2.75) is 13.5 Å². The van der Waals surface area contributed by atoms with Gasteiger partial charge in [-0.05, 0) is 43.8 Å². The molecule has 0 heterocycles. The molecule has 0 saturated carbocycles. The van der Waals surface area contributed by atoms with Gasteiger partial charge >= 0.3 is 0 Å². The topological polar surface area (TPSA) is 21.3 Å². The first-order valence-corrected chi connectivity index (χ1v) is 6.35. The zero-order valence-electron chi connectivity index (χ0n) is 10.8. The van der Waals surface area contributed by atoms with Gasteiger partial charge in [-0.15, -0.1) is 0 Å². The van der Waals surface area contributed by atoms with Gasteiger partial charge in [-0.2, -0.15) is 0 Å². The summed E-state index contributed by atoms with van der Waals surface area (Å²) in [6.07, 6.45) is 0. The Kier molecular flexibility index (Phi) is 4.40. The van der Waals surface area contributed by atoms with Crippen molar-refractivity contribution in [3.63, 3.8) is 0 Å². The minimum atomic E-state index is -0.296. The van der Waals surface area contributed by atoms with E-state index in [2.05, 4.69) is 5.32 Å². The van der Waals surface area contributed by atoms with E-state index in [1.54, 1.807) is 25.2 Å². The van der Waals surface area contributed by atoms with Crippen molar-refractivity contribution in [3.05, 3.63) is 58.4 Å². The average Bonchev–Trinajstić information content (AvgIpc) is 2.38. The Bertz CT molecular complexity index is 586. The molecule has 4 heteroatoms. The van der Waals surface area contributed by atoms with Crippen molar-refractivity contribution >= 4 is 11.6 Å². The van der Waals surface area contributed by atoms with E-state index in [0.29, 0.717) is 28.6 Å². The Morgan fingerprint density at radius 3 is 2.74 bits per heavy atom. The molecule has 0 aliphatic carbocycles. The molecule has 2 rings (SSSR count). The van der Waals surface area contributed by atoms with Crippen molar-refractivity contribution in [3.8, 4) is 11.5 Å². The highest BCUT2D eigenvalue weighted by Gasteiger charge is 2.11. The summed E-state index contributed by atoms with van der Waals surface area (Å²) in [5, 5.41) is 3.43. The maximum atomic E-state index is 13.8. The quantitative estimate of drug-likeness (QED) is 0.901. The zero-order valence-corrected chi connectivity index (χ0v) is 11.6. The van der Waals surface area contributed by atoms with E-state index in [0.717, 1.165) is 5.56 Å². The fraction of sp³-hybridized carbons (Fsp3) is 0.200. The van der Waals surface area contributed by atoms with Gasteiger partial charge in [0.15, 0.2) is 0 Å². The van der Waals surface area contributed by atoms with Crippen molar-refractivity contribution in [2.75, 3.05) is 7.05 Å². The minimum Gasteiger partial charge on any atom is -0.455 e. The van der Waals surface area contributed by atoms with Crippen LogP contribution in [0.3, 0.4) is 0 Å². The second-order valence-corrected chi connectivity index (χ2v) is 4.69. The molecule has 1 N–H and O–H groups in total. The van der Waals surface area contributed by atoms with Gasteiger partial charge in [0.1, 0.15) is 17.3 Å². The lowest BCUT2D eigenvalue weighted by molar-refractivity contribution is 0.464. The molecule has 0 atom stereocenters. The van der Waals surface area contributed by atoms with Gasteiger partial charge in [-0.1, -0.05) is 23.7 Å². The van der Waals surface area contributed by atoms with E-state index in [1.165, 1.54) is 6.07 Å². The number of benzene rings is 2. The van der Waals surface area contributed by atoms with Gasteiger partial charge in [0.25, 0.3) is 0 Å². The molecule has 0 unspecified atom stereocenters. The van der Waals surface area contributed by atoms with Gasteiger partial charge in [-0.3, -0.25) is 0 Å². The molecule has 2 aromatic carbocycles. The molecule has 0 aliphatic rings. The first-order valence-electron chi connectivity index (χ1n) is 5.98. The molecule has 19 heavy (non-hydrogen) atoms. The maximum absolute atomic E-state index is 13.8. The molecule has 2 aromatic rings. The van der Waals surface area contributed by atoms with Crippen molar-refractivity contribution in [2.24, 2.45) is 0 Å². The van der Waals surface area contributed by atoms with Crippen LogP contribution in [0.4, 0.5) is 4.39 Å². The van der Waals surface area contributed by atoms with Gasteiger partial charge in [0.05, 0.1) is 5.02 Å². The number of nitrogens with one attached hydrogen (secondary N) is 1. The normalized spacial score (nSPS) is 10.5. The zero-order chi connectivity index (χ0) is 13.8. The first kappa shape index (κ1) is 13.8. The van der Waals surface area contributed by atoms with Crippen molar-refractivity contribution < 1.29 is 9.13 Å². The predicted octanol–water partition coefficient (Wildman–Crippen LogP) is 4.30. The van der Waals surface area contributed by atoms with E-state index in [-0.39, 0.29) is 5.82 Å². The Labute approximate surface area is 117 Å². The number of rotatable bonds is 4. The molecule has 2 nitrogen and oxygen atoms in total. The predicted molar refractivity (Wildman–Crippen MR) is 75.4 cm³/mol. The van der Waals surface area contributed by atoms with Crippen LogP contribution in [0.25, 0.3) is 0 Å². The maximum Gasteiger partial charge on any atom is 0.146 e. The molecule has 0 radical (unpaired) electrons. The summed E-state index contributed by atoms with van der Waals surface area (Å²) in [6.45, 7) is 2.34. The number of halogens is 2. The largest absolute Gasteiger partial charge is 0.455 e. The van der Waals surface area contributed by atoms with E-state index >= 15 is 0 Å². The second kappa shape index (κ2) is 6.04. The molecule has 0 amide bonds. The van der Waals surface area contributed by atoms with Crippen molar-refractivity contribution in [1.29, 1.82) is 0 Å². The lowest BCUT2D eigenvalue weighted by Crippen LogP contribution is -2.08. The van der Waals surface area contributed by atoms with Crippen LogP contribution in [0.2, 0.25) is 5.02 Å². The van der Waals surface area contributed by atoms with Crippen LogP contribution in [-0.4, -0.2) is 7.05 Å². The smallest absolute Gasteiger partial charge is 0.146 e. The van der Waals surface area contributed by atoms with Crippen molar-refractivity contribution in [1.82, 2.24) is 5.32 Å². The highest BCUT2D eigenvalue weighted by atomic mass is 35.5. The Balaban J connectivity index is 2.37. The summed E-state index contributed by atoms with van der Waals surface area (Å²) < 4.78 is 19.5. The monoisotopic (exact) mass is 279 g/mol. The van der Waals surface area contributed by atoms with E-state index in [1.807, 2.05) is 19.1 Å². The van der Waals surface area contributed by atoms with Crippen LogP contribution < -0.4 is 10.1 Å². The molecule has 100 valence electrons. The van der Waals surface area contributed by atoms with Gasteiger partial charge in [0, 0.05) is 12.1 Å². The highest BCUT2D eigenvalue weighted by molar-refractivity contribution is 6.32. The van der Waals surface area contributed by atoms with Crippen LogP contribution in [0, 0.1) is 12.7 Å². The molecule has 0 saturated heterocycles. The molecule has 0 aromatic heterocycles. The minimum absolute atomic E-state index is 0.296. The van der Waals surface area contributed by atoms with Gasteiger partial charge in [0.2, 0.25) is 0 Å². The summed E-state index contributed by atoms with van der Waals surface area (Å²) in [6, 6.07) is 10.3. The van der Waals surface area contributed by atoms with Crippen LogP contribution in [0.5, 0.6) is 11.5 Å². The van der Waals surface area contributed by atoms with Crippen LogP contribution >= 0.6 is 11.6 Å². The third-order valence-corrected chi connectivity index (χ3v) is 3.05. The lowest BCUT2D eigenvalue weighted by atomic mass is 10.2. The van der Waals surface area contributed by atoms with E-state index < -0.39 is 0 Å². The third kappa shape index (κ3) is 3.25. The molecular weight excluding hydrogens is 265 g/mol. The fourth-order valence-corrected chi connectivity index (χ4v) is 1.95. The number of hydrogen-bond acceptors (Lipinski definition) is 2. The Morgan fingerprint density at radius 2 is 2.00 bits per heavy atom. The molecule has 0 aliphatic heterocycles. The van der Waals surface area contributed by atoms with Gasteiger partial charge in [-0.25, -0.2) is 4.39 Å². The SMILES string of the molecule is CNCc1c(F)cccc1Oc1cc(C)ccc1Cl. The summed E-state index contributed by atoms with van der Waals surface area (Å²) in [7, 11) is 1.76. The van der Waals surface area contributed by atoms with Gasteiger partial charge < -0.3 is 10.1 Å². The number of ether oxygens (including phenoxy) is 1. The summed E-state index contributed by atoms with van der Waals surface area (Å²) in [4.78, 5) is 0. The molecule has 0 fully saturated rings. The summed E-state index contributed by atoms with van der Waals surface area (Å²) in [5.41, 5.74) is 1.52. The fourth-order valence-electron chi connectivity index (χ4n) is 1.79. The number of hydrogen-bond donors (Lipinski definition) is 1. The standard InChI is InChI=1S/C15H15ClFNO/c1-10-6-7-12(16)15(8-10)19-14-5-3-4-13(17)11(14)9-18-2/h3-8,18H,9H2,1-2H3. The van der Waals surface area contributed by atoms with E-state index in [4.69, 9.17) is 16.3 Å².